The van der Waals surface area contributed by atoms with Gasteiger partial charge in [0.05, 0.1) is 18.2 Å². The zero-order valence-electron chi connectivity index (χ0n) is 12.2. The van der Waals surface area contributed by atoms with Crippen LogP contribution in [0.3, 0.4) is 0 Å². The lowest BCUT2D eigenvalue weighted by molar-refractivity contribution is 0.00500. The van der Waals surface area contributed by atoms with Crippen LogP contribution in [-0.4, -0.2) is 61.0 Å². The van der Waals surface area contributed by atoms with E-state index in [-0.39, 0.29) is 12.1 Å². The predicted octanol–water partition coefficient (Wildman–Crippen LogP) is 1.24. The van der Waals surface area contributed by atoms with Gasteiger partial charge < -0.3 is 20.1 Å². The number of likely N-dealkylation sites (tertiary alicyclic amines) is 1. The van der Waals surface area contributed by atoms with Crippen LogP contribution in [0.1, 0.15) is 40.0 Å². The molecule has 1 aliphatic rings. The monoisotopic (exact) mass is 258 g/mol. The quantitative estimate of drug-likeness (QED) is 0.687. The van der Waals surface area contributed by atoms with Gasteiger partial charge in [0.25, 0.3) is 0 Å². The Hall–Kier alpha value is -0.160. The summed E-state index contributed by atoms with van der Waals surface area (Å²) < 4.78 is 5.66. The summed E-state index contributed by atoms with van der Waals surface area (Å²) in [5.74, 6) is 0. The summed E-state index contributed by atoms with van der Waals surface area (Å²) in [6, 6.07) is 0. The van der Waals surface area contributed by atoms with E-state index >= 15 is 0 Å². The van der Waals surface area contributed by atoms with Crippen LogP contribution in [0.15, 0.2) is 0 Å². The number of hydrogen-bond acceptors (Lipinski definition) is 4. The first kappa shape index (κ1) is 15.9. The third-order valence-electron chi connectivity index (χ3n) is 3.66. The highest BCUT2D eigenvalue weighted by molar-refractivity contribution is 4.87. The van der Waals surface area contributed by atoms with Crippen molar-refractivity contribution in [3.8, 4) is 0 Å². The summed E-state index contributed by atoms with van der Waals surface area (Å²) in [6.45, 7) is 11.4. The number of aliphatic hydroxyl groups excluding tert-OH is 1. The lowest BCUT2D eigenvalue weighted by Gasteiger charge is -2.38. The Morgan fingerprint density at radius 3 is 2.50 bits per heavy atom. The molecule has 108 valence electrons. The maximum atomic E-state index is 9.56. The molecule has 0 aromatic rings. The molecule has 0 aromatic heterocycles. The van der Waals surface area contributed by atoms with E-state index in [1.165, 1.54) is 0 Å². The number of nitrogens with zero attached hydrogens (tertiary/aromatic N) is 1. The summed E-state index contributed by atoms with van der Waals surface area (Å²) in [7, 11) is 0. The Morgan fingerprint density at radius 2 is 2.00 bits per heavy atom. The minimum atomic E-state index is -0.172. The van der Waals surface area contributed by atoms with Gasteiger partial charge in [-0.05, 0) is 39.7 Å². The summed E-state index contributed by atoms with van der Waals surface area (Å²) in [6.07, 6.45) is 3.77. The third kappa shape index (κ3) is 5.22. The van der Waals surface area contributed by atoms with Gasteiger partial charge in [-0.15, -0.1) is 0 Å². The van der Waals surface area contributed by atoms with Crippen LogP contribution in [0.5, 0.6) is 0 Å². The van der Waals surface area contributed by atoms with Crippen molar-refractivity contribution < 1.29 is 9.84 Å². The Kier molecular flexibility index (Phi) is 7.15. The molecule has 0 amide bonds. The van der Waals surface area contributed by atoms with E-state index in [1.54, 1.807) is 0 Å². The molecule has 1 saturated heterocycles. The molecule has 0 aromatic carbocycles. The molecule has 1 rings (SSSR count). The molecule has 4 heteroatoms. The van der Waals surface area contributed by atoms with Crippen LogP contribution >= 0.6 is 0 Å². The average Bonchev–Trinajstić information content (AvgIpc) is 2.39. The van der Waals surface area contributed by atoms with Gasteiger partial charge in [0.2, 0.25) is 0 Å². The topological polar surface area (TPSA) is 44.7 Å². The molecule has 1 unspecified atom stereocenters. The van der Waals surface area contributed by atoms with Crippen LogP contribution in [0.2, 0.25) is 0 Å². The molecule has 1 aliphatic heterocycles. The molecule has 1 heterocycles. The van der Waals surface area contributed by atoms with E-state index in [2.05, 4.69) is 31.0 Å². The number of piperidine rings is 1. The molecular weight excluding hydrogens is 228 g/mol. The second kappa shape index (κ2) is 8.10. The zero-order chi connectivity index (χ0) is 13.4. The second-order valence-electron chi connectivity index (χ2n) is 5.58. The first-order chi connectivity index (χ1) is 8.63. The smallest absolute Gasteiger partial charge is 0.0623 e. The number of nitrogens with one attached hydrogen (secondary N) is 1. The van der Waals surface area contributed by atoms with Crippen molar-refractivity contribution in [2.45, 2.75) is 51.7 Å². The van der Waals surface area contributed by atoms with Gasteiger partial charge in [-0.25, -0.2) is 0 Å². The van der Waals surface area contributed by atoms with Crippen LogP contribution in [0.25, 0.3) is 0 Å². The molecule has 1 fully saturated rings. The minimum absolute atomic E-state index is 0.172. The van der Waals surface area contributed by atoms with E-state index in [4.69, 9.17) is 4.74 Å². The van der Waals surface area contributed by atoms with Gasteiger partial charge >= 0.3 is 0 Å². The van der Waals surface area contributed by atoms with E-state index in [9.17, 15) is 5.11 Å². The first-order valence-electron chi connectivity index (χ1n) is 7.33. The van der Waals surface area contributed by atoms with Gasteiger partial charge in [-0.2, -0.15) is 0 Å². The van der Waals surface area contributed by atoms with Crippen LogP contribution in [0, 0.1) is 0 Å². The highest BCUT2D eigenvalue weighted by Crippen LogP contribution is 2.16. The predicted molar refractivity (Wildman–Crippen MR) is 74.9 cm³/mol. The molecule has 18 heavy (non-hydrogen) atoms. The zero-order valence-corrected chi connectivity index (χ0v) is 12.2. The maximum absolute atomic E-state index is 9.56. The van der Waals surface area contributed by atoms with E-state index in [0.717, 1.165) is 52.0 Å². The van der Waals surface area contributed by atoms with Gasteiger partial charge in [-0.3, -0.25) is 0 Å². The molecular formula is C14H30N2O2. The van der Waals surface area contributed by atoms with Gasteiger partial charge in [-0.1, -0.05) is 6.92 Å². The van der Waals surface area contributed by atoms with Crippen molar-refractivity contribution in [1.82, 2.24) is 10.2 Å². The van der Waals surface area contributed by atoms with Crippen molar-refractivity contribution >= 4 is 0 Å². The van der Waals surface area contributed by atoms with E-state index in [1.807, 2.05) is 0 Å². The first-order valence-corrected chi connectivity index (χ1v) is 7.33. The summed E-state index contributed by atoms with van der Waals surface area (Å²) in [5, 5.41) is 13.0. The molecule has 0 aliphatic carbocycles. The van der Waals surface area contributed by atoms with Crippen molar-refractivity contribution in [2.75, 3.05) is 39.4 Å². The van der Waals surface area contributed by atoms with Gasteiger partial charge in [0.15, 0.2) is 0 Å². The fraction of sp³-hybridized carbons (Fsp3) is 1.00. The normalized spacial score (nSPS) is 22.0. The maximum Gasteiger partial charge on any atom is 0.0623 e. The number of aliphatic hydroxyl groups is 1. The largest absolute Gasteiger partial charge is 0.394 e. The number of ether oxygens (including phenoxy) is 1. The van der Waals surface area contributed by atoms with Crippen LogP contribution < -0.4 is 5.32 Å². The van der Waals surface area contributed by atoms with Gasteiger partial charge in [0.1, 0.15) is 0 Å². The molecule has 0 spiro atoms. The molecule has 2 N–H and O–H groups in total. The van der Waals surface area contributed by atoms with Crippen molar-refractivity contribution in [2.24, 2.45) is 0 Å². The highest BCUT2D eigenvalue weighted by Gasteiger charge is 2.28. The Balaban J connectivity index is 2.33. The minimum Gasteiger partial charge on any atom is -0.394 e. The molecule has 0 radical (unpaired) electrons. The molecule has 0 bridgehead atoms. The fourth-order valence-corrected chi connectivity index (χ4v) is 2.55. The molecule has 0 saturated carbocycles. The van der Waals surface area contributed by atoms with Crippen molar-refractivity contribution in [3.63, 3.8) is 0 Å². The average molecular weight is 258 g/mol. The van der Waals surface area contributed by atoms with Crippen LogP contribution in [-0.2, 0) is 4.74 Å². The molecule has 1 atom stereocenters. The number of rotatable bonds is 8. The van der Waals surface area contributed by atoms with Crippen molar-refractivity contribution in [1.29, 1.82) is 0 Å². The van der Waals surface area contributed by atoms with Crippen molar-refractivity contribution in [3.05, 3.63) is 0 Å². The lowest BCUT2D eigenvalue weighted by Crippen LogP contribution is -2.55. The van der Waals surface area contributed by atoms with Crippen LogP contribution in [0.4, 0.5) is 0 Å². The lowest BCUT2D eigenvalue weighted by atomic mass is 10.00. The summed E-state index contributed by atoms with van der Waals surface area (Å²) in [5.41, 5.74) is -0.172. The van der Waals surface area contributed by atoms with E-state index < -0.39 is 0 Å². The Labute approximate surface area is 112 Å². The van der Waals surface area contributed by atoms with Gasteiger partial charge in [0, 0.05) is 26.2 Å². The molecule has 4 nitrogen and oxygen atoms in total. The fourth-order valence-electron chi connectivity index (χ4n) is 2.55. The van der Waals surface area contributed by atoms with E-state index in [0.29, 0.717) is 6.10 Å². The Morgan fingerprint density at radius 1 is 1.33 bits per heavy atom. The second-order valence-corrected chi connectivity index (χ2v) is 5.58. The SMILES string of the molecule is CCCNC(C)(CO)CN1CCC(OCC)CC1. The summed E-state index contributed by atoms with van der Waals surface area (Å²) in [4.78, 5) is 2.44. The highest BCUT2D eigenvalue weighted by atomic mass is 16.5. The Bertz CT molecular complexity index is 218. The summed E-state index contributed by atoms with van der Waals surface area (Å²) >= 11 is 0. The third-order valence-corrected chi connectivity index (χ3v) is 3.66. The standard InChI is InChI=1S/C14H30N2O2/c1-4-8-15-14(3,12-17)11-16-9-6-13(7-10-16)18-5-2/h13,15,17H,4-12H2,1-3H3. The number of hydrogen-bond donors (Lipinski definition) is 2.